The summed E-state index contributed by atoms with van der Waals surface area (Å²) in [5.41, 5.74) is 0. The zero-order valence-corrected chi connectivity index (χ0v) is 47.6. The molecule has 0 aliphatic carbocycles. The van der Waals surface area contributed by atoms with E-state index < -0.39 is 57.8 Å². The third-order valence-corrected chi connectivity index (χ3v) is 14.0. The van der Waals surface area contributed by atoms with Crippen molar-refractivity contribution in [3.63, 3.8) is 0 Å². The normalized spacial score (nSPS) is 13.6. The number of rotatable bonds is 56. The Balaban J connectivity index is 4.70. The van der Waals surface area contributed by atoms with Gasteiger partial charge in [-0.05, 0) is 57.8 Å². The molecular formula is C60H111O11P. The van der Waals surface area contributed by atoms with Crippen molar-refractivity contribution in [3.05, 3.63) is 36.5 Å². The summed E-state index contributed by atoms with van der Waals surface area (Å²) in [5, 5.41) is 9.81. The van der Waals surface area contributed by atoms with E-state index in [9.17, 15) is 28.9 Å². The van der Waals surface area contributed by atoms with Crippen LogP contribution in [0.15, 0.2) is 36.5 Å². The van der Waals surface area contributed by atoms with Crippen molar-refractivity contribution in [2.45, 2.75) is 303 Å². The van der Waals surface area contributed by atoms with Gasteiger partial charge in [0.1, 0.15) is 12.7 Å². The maximum Gasteiger partial charge on any atom is 0.472 e. The summed E-state index contributed by atoms with van der Waals surface area (Å²) < 4.78 is 39.5. The summed E-state index contributed by atoms with van der Waals surface area (Å²) >= 11 is 0. The lowest BCUT2D eigenvalue weighted by Gasteiger charge is -2.21. The lowest BCUT2D eigenvalue weighted by Crippen LogP contribution is -2.30. The number of hydrogen-bond donors (Lipinski definition) is 2. The van der Waals surface area contributed by atoms with Gasteiger partial charge >= 0.3 is 25.7 Å². The van der Waals surface area contributed by atoms with Crippen molar-refractivity contribution < 1.29 is 52.2 Å². The highest BCUT2D eigenvalue weighted by Gasteiger charge is 2.28. The number of esters is 3. The SMILES string of the molecule is CCCCC/C=C\C/C=C\C/C=C\CCCCCCCCC(=O)OC(COC(=O)CCCCCCCCCCCCCCC)COP(=O)(O)OCC(CO)OC(=O)CCCCCCCCCCCCCCC. The first kappa shape index (κ1) is 69.7. The van der Waals surface area contributed by atoms with Crippen LogP contribution in [0.5, 0.6) is 0 Å². The Bertz CT molecular complexity index is 1350. The third kappa shape index (κ3) is 52.6. The highest BCUT2D eigenvalue weighted by Crippen LogP contribution is 2.43. The molecule has 0 fully saturated rings. The maximum absolute atomic E-state index is 12.9. The number of hydrogen-bond acceptors (Lipinski definition) is 10. The molecule has 72 heavy (non-hydrogen) atoms. The number of phosphoric acid groups is 1. The molecule has 2 N–H and O–H groups in total. The summed E-state index contributed by atoms with van der Waals surface area (Å²) in [7, 11) is -4.74. The van der Waals surface area contributed by atoms with E-state index in [-0.39, 0.29) is 25.9 Å². The Labute approximate surface area is 441 Å². The van der Waals surface area contributed by atoms with Gasteiger partial charge in [-0.1, -0.05) is 250 Å². The molecule has 0 heterocycles. The first-order valence-corrected chi connectivity index (χ1v) is 31.4. The molecule has 0 aliphatic heterocycles. The highest BCUT2D eigenvalue weighted by molar-refractivity contribution is 7.47. The fourth-order valence-corrected chi connectivity index (χ4v) is 9.27. The molecule has 0 saturated carbocycles. The number of phosphoric ester groups is 1. The van der Waals surface area contributed by atoms with Gasteiger partial charge in [-0.25, -0.2) is 4.57 Å². The quantitative estimate of drug-likeness (QED) is 0.0197. The predicted octanol–water partition coefficient (Wildman–Crippen LogP) is 17.6. The van der Waals surface area contributed by atoms with Gasteiger partial charge in [0.2, 0.25) is 0 Å². The van der Waals surface area contributed by atoms with Crippen LogP contribution in [0.2, 0.25) is 0 Å². The molecule has 0 aliphatic rings. The molecule has 11 nitrogen and oxygen atoms in total. The van der Waals surface area contributed by atoms with Crippen LogP contribution in [-0.4, -0.2) is 66.5 Å². The lowest BCUT2D eigenvalue weighted by molar-refractivity contribution is -0.161. The second-order valence-corrected chi connectivity index (χ2v) is 21.6. The van der Waals surface area contributed by atoms with Gasteiger partial charge in [-0.15, -0.1) is 0 Å². The Morgan fingerprint density at radius 2 is 0.681 bits per heavy atom. The Morgan fingerprint density at radius 3 is 1.07 bits per heavy atom. The van der Waals surface area contributed by atoms with Gasteiger partial charge in [0.15, 0.2) is 6.10 Å². The molecule has 0 bridgehead atoms. The van der Waals surface area contributed by atoms with Crippen molar-refractivity contribution in [1.82, 2.24) is 0 Å². The average Bonchev–Trinajstić information content (AvgIpc) is 3.37. The Morgan fingerprint density at radius 1 is 0.389 bits per heavy atom. The molecule has 12 heteroatoms. The molecule has 0 aromatic heterocycles. The summed E-state index contributed by atoms with van der Waals surface area (Å²) in [6.07, 6.45) is 56.6. The van der Waals surface area contributed by atoms with E-state index in [1.807, 2.05) is 0 Å². The van der Waals surface area contributed by atoms with Crippen molar-refractivity contribution in [1.29, 1.82) is 0 Å². The van der Waals surface area contributed by atoms with Gasteiger partial charge < -0.3 is 24.2 Å². The maximum atomic E-state index is 12.9. The van der Waals surface area contributed by atoms with Gasteiger partial charge in [0.25, 0.3) is 0 Å². The van der Waals surface area contributed by atoms with E-state index in [1.54, 1.807) is 0 Å². The number of allylic oxidation sites excluding steroid dienone is 6. The van der Waals surface area contributed by atoms with Gasteiger partial charge in [0.05, 0.1) is 19.8 Å². The van der Waals surface area contributed by atoms with Crippen LogP contribution < -0.4 is 0 Å². The molecule has 422 valence electrons. The molecular weight excluding hydrogens is 928 g/mol. The third-order valence-electron chi connectivity index (χ3n) is 13.1. The first-order valence-electron chi connectivity index (χ1n) is 29.9. The minimum atomic E-state index is -4.74. The molecule has 0 saturated heterocycles. The molecule has 0 radical (unpaired) electrons. The summed E-state index contributed by atoms with van der Waals surface area (Å²) in [6, 6.07) is 0. The van der Waals surface area contributed by atoms with Crippen molar-refractivity contribution >= 4 is 25.7 Å². The van der Waals surface area contributed by atoms with Crippen LogP contribution in [0, 0.1) is 0 Å². The first-order chi connectivity index (χ1) is 35.2. The van der Waals surface area contributed by atoms with E-state index in [2.05, 4.69) is 57.2 Å². The molecule has 0 aromatic carbocycles. The van der Waals surface area contributed by atoms with E-state index in [4.69, 9.17) is 23.3 Å². The number of unbranched alkanes of at least 4 members (excludes halogenated alkanes) is 33. The summed E-state index contributed by atoms with van der Waals surface area (Å²) in [4.78, 5) is 48.5. The summed E-state index contributed by atoms with van der Waals surface area (Å²) in [5.74, 6) is -1.46. The van der Waals surface area contributed by atoms with Gasteiger partial charge in [-0.2, -0.15) is 0 Å². The van der Waals surface area contributed by atoms with Crippen LogP contribution in [0.1, 0.15) is 290 Å². The monoisotopic (exact) mass is 1040 g/mol. The largest absolute Gasteiger partial charge is 0.472 e. The Hall–Kier alpha value is -2.30. The van der Waals surface area contributed by atoms with Crippen LogP contribution in [0.4, 0.5) is 0 Å². The minimum absolute atomic E-state index is 0.157. The molecule has 0 aromatic rings. The molecule has 3 atom stereocenters. The van der Waals surface area contributed by atoms with Gasteiger partial charge in [0, 0.05) is 19.3 Å². The van der Waals surface area contributed by atoms with Crippen molar-refractivity contribution in [2.75, 3.05) is 26.4 Å². The van der Waals surface area contributed by atoms with Crippen molar-refractivity contribution in [2.24, 2.45) is 0 Å². The number of aliphatic hydroxyl groups excluding tert-OH is 1. The zero-order valence-electron chi connectivity index (χ0n) is 46.7. The highest BCUT2D eigenvalue weighted by atomic mass is 31.2. The standard InChI is InChI=1S/C60H111O11P/c1-4-7-10-13-16-19-22-25-26-27-28-29-30-33-36-39-42-45-48-51-60(64)71-57(53-67-58(62)49-46-43-40-37-34-31-23-20-17-14-11-8-5-2)55-69-72(65,66)68-54-56(52-61)70-59(63)50-47-44-41-38-35-32-24-21-18-15-12-9-6-3/h16,19,25-26,28-29,56-57,61H,4-15,17-18,20-24,27,30-55H2,1-3H3,(H,65,66)/b19-16-,26-25-,29-28-. The number of carbonyl (C=O) groups excluding carboxylic acids is 3. The number of ether oxygens (including phenoxy) is 3. The van der Waals surface area contributed by atoms with E-state index in [1.165, 1.54) is 141 Å². The molecule has 0 amide bonds. The van der Waals surface area contributed by atoms with E-state index >= 15 is 0 Å². The van der Waals surface area contributed by atoms with E-state index in [0.717, 1.165) is 89.9 Å². The zero-order chi connectivity index (χ0) is 52.7. The average molecular weight is 1040 g/mol. The van der Waals surface area contributed by atoms with Crippen LogP contribution >= 0.6 is 7.82 Å². The second-order valence-electron chi connectivity index (χ2n) is 20.2. The predicted molar refractivity (Wildman–Crippen MR) is 298 cm³/mol. The Kier molecular flexibility index (Phi) is 53.2. The lowest BCUT2D eigenvalue weighted by atomic mass is 10.0. The van der Waals surface area contributed by atoms with Crippen LogP contribution in [0.3, 0.4) is 0 Å². The summed E-state index contributed by atoms with van der Waals surface area (Å²) in [6.45, 7) is 4.64. The smallest absolute Gasteiger partial charge is 0.462 e. The molecule has 0 spiro atoms. The van der Waals surface area contributed by atoms with Crippen LogP contribution in [-0.2, 0) is 42.2 Å². The minimum Gasteiger partial charge on any atom is -0.462 e. The van der Waals surface area contributed by atoms with E-state index in [0.29, 0.717) is 19.3 Å². The van der Waals surface area contributed by atoms with Crippen molar-refractivity contribution in [3.8, 4) is 0 Å². The number of aliphatic hydroxyl groups is 1. The number of carbonyl (C=O) groups is 3. The topological polar surface area (TPSA) is 155 Å². The van der Waals surface area contributed by atoms with Crippen LogP contribution in [0.25, 0.3) is 0 Å². The fraction of sp³-hybridized carbons (Fsp3) is 0.850. The fourth-order valence-electron chi connectivity index (χ4n) is 8.48. The van der Waals surface area contributed by atoms with Gasteiger partial charge in [-0.3, -0.25) is 23.4 Å². The second kappa shape index (κ2) is 54.9. The molecule has 3 unspecified atom stereocenters. The molecule has 0 rings (SSSR count).